The Morgan fingerprint density at radius 2 is 2.10 bits per heavy atom. The summed E-state index contributed by atoms with van der Waals surface area (Å²) in [4.78, 5) is 4.49. The van der Waals surface area contributed by atoms with Gasteiger partial charge in [0, 0.05) is 17.7 Å². The van der Waals surface area contributed by atoms with Crippen LogP contribution < -0.4 is 10.5 Å². The van der Waals surface area contributed by atoms with E-state index in [9.17, 15) is 4.39 Å². The second-order valence-electron chi connectivity index (χ2n) is 4.83. The van der Waals surface area contributed by atoms with Crippen molar-refractivity contribution in [3.8, 4) is 5.75 Å². The molecule has 3 nitrogen and oxygen atoms in total. The first-order valence-corrected chi connectivity index (χ1v) is 7.47. The van der Waals surface area contributed by atoms with Gasteiger partial charge in [0.05, 0.1) is 10.2 Å². The van der Waals surface area contributed by atoms with Crippen LogP contribution in [0.5, 0.6) is 5.75 Å². The van der Waals surface area contributed by atoms with Crippen LogP contribution in [0.25, 0.3) is 10.2 Å². The minimum Gasteiger partial charge on any atom is -0.486 e. The molecule has 0 aliphatic carbocycles. The molecule has 2 aromatic carbocycles. The lowest BCUT2D eigenvalue weighted by Gasteiger charge is -2.13. The third kappa shape index (κ3) is 3.04. The largest absolute Gasteiger partial charge is 0.486 e. The molecule has 0 aliphatic heterocycles. The first-order valence-electron chi connectivity index (χ1n) is 6.66. The van der Waals surface area contributed by atoms with Gasteiger partial charge < -0.3 is 10.5 Å². The number of hydrogen-bond acceptors (Lipinski definition) is 4. The van der Waals surface area contributed by atoms with Crippen LogP contribution in [0.1, 0.15) is 23.5 Å². The summed E-state index contributed by atoms with van der Waals surface area (Å²) >= 11 is 1.57. The molecule has 3 aromatic rings. The smallest absolute Gasteiger partial charge is 0.140 e. The van der Waals surface area contributed by atoms with Crippen LogP contribution in [0.4, 0.5) is 4.39 Å². The number of benzene rings is 2. The number of thiazole rings is 1. The summed E-state index contributed by atoms with van der Waals surface area (Å²) in [6, 6.07) is 12.1. The molecular weight excluding hydrogens is 287 g/mol. The molecule has 0 amide bonds. The van der Waals surface area contributed by atoms with Gasteiger partial charge in [-0.15, -0.1) is 11.3 Å². The van der Waals surface area contributed by atoms with E-state index >= 15 is 0 Å². The van der Waals surface area contributed by atoms with Crippen LogP contribution in [0, 0.1) is 5.82 Å². The highest BCUT2D eigenvalue weighted by Gasteiger charge is 2.11. The number of para-hydroxylation sites is 1. The molecule has 0 spiro atoms. The average Bonchev–Trinajstić information content (AvgIpc) is 2.87. The van der Waals surface area contributed by atoms with Gasteiger partial charge in [-0.05, 0) is 25.1 Å². The number of rotatable bonds is 4. The van der Waals surface area contributed by atoms with Crippen molar-refractivity contribution in [2.45, 2.75) is 19.6 Å². The Labute approximate surface area is 126 Å². The van der Waals surface area contributed by atoms with Crippen LogP contribution in [0.2, 0.25) is 0 Å². The van der Waals surface area contributed by atoms with E-state index in [1.54, 1.807) is 17.4 Å². The van der Waals surface area contributed by atoms with Gasteiger partial charge in [0.25, 0.3) is 0 Å². The van der Waals surface area contributed by atoms with Crippen LogP contribution in [0.15, 0.2) is 42.5 Å². The monoisotopic (exact) mass is 302 g/mol. The second-order valence-corrected chi connectivity index (χ2v) is 5.95. The first kappa shape index (κ1) is 14.0. The van der Waals surface area contributed by atoms with Gasteiger partial charge >= 0.3 is 0 Å². The number of hydrogen-bond donors (Lipinski definition) is 1. The lowest BCUT2D eigenvalue weighted by atomic mass is 10.1. The Morgan fingerprint density at radius 3 is 2.86 bits per heavy atom. The molecule has 1 atom stereocenters. The van der Waals surface area contributed by atoms with E-state index in [1.165, 1.54) is 12.1 Å². The highest BCUT2D eigenvalue weighted by atomic mass is 32.1. The van der Waals surface area contributed by atoms with Crippen molar-refractivity contribution in [3.63, 3.8) is 0 Å². The summed E-state index contributed by atoms with van der Waals surface area (Å²) in [6.07, 6.45) is 0. The SMILES string of the molecule is CC(N)c1ccc(F)cc1OCc1nc2ccccc2s1. The molecule has 0 aliphatic rings. The van der Waals surface area contributed by atoms with Gasteiger partial charge in [0.15, 0.2) is 0 Å². The van der Waals surface area contributed by atoms with E-state index in [1.807, 2.05) is 31.2 Å². The summed E-state index contributed by atoms with van der Waals surface area (Å²) in [5.41, 5.74) is 7.62. The van der Waals surface area contributed by atoms with Gasteiger partial charge in [-0.3, -0.25) is 0 Å². The predicted molar refractivity (Wildman–Crippen MR) is 83.0 cm³/mol. The van der Waals surface area contributed by atoms with Crippen LogP contribution in [-0.2, 0) is 6.61 Å². The van der Waals surface area contributed by atoms with Crippen LogP contribution in [0.3, 0.4) is 0 Å². The van der Waals surface area contributed by atoms with Crippen LogP contribution in [-0.4, -0.2) is 4.98 Å². The Hall–Kier alpha value is -1.98. The Kier molecular flexibility index (Phi) is 3.86. The summed E-state index contributed by atoms with van der Waals surface area (Å²) in [7, 11) is 0. The predicted octanol–water partition coefficient (Wildman–Crippen LogP) is 4.03. The van der Waals surface area contributed by atoms with Crippen molar-refractivity contribution in [2.24, 2.45) is 5.73 Å². The average molecular weight is 302 g/mol. The topological polar surface area (TPSA) is 48.1 Å². The number of fused-ring (bicyclic) bond motifs is 1. The number of ether oxygens (including phenoxy) is 1. The van der Waals surface area contributed by atoms with Gasteiger partial charge in [-0.2, -0.15) is 0 Å². The van der Waals surface area contributed by atoms with Crippen molar-refractivity contribution in [1.82, 2.24) is 4.98 Å². The molecule has 108 valence electrons. The highest BCUT2D eigenvalue weighted by molar-refractivity contribution is 7.18. The molecule has 3 rings (SSSR count). The van der Waals surface area contributed by atoms with E-state index in [0.717, 1.165) is 20.8 Å². The Balaban J connectivity index is 1.82. The zero-order chi connectivity index (χ0) is 14.8. The molecule has 5 heteroatoms. The molecule has 2 N–H and O–H groups in total. The summed E-state index contributed by atoms with van der Waals surface area (Å²) in [6.45, 7) is 2.15. The summed E-state index contributed by atoms with van der Waals surface area (Å²) in [5.74, 6) is 0.142. The Bertz CT molecular complexity index is 737. The zero-order valence-corrected chi connectivity index (χ0v) is 12.4. The minimum atomic E-state index is -0.335. The number of nitrogens with zero attached hydrogens (tertiary/aromatic N) is 1. The molecule has 1 aromatic heterocycles. The van der Waals surface area contributed by atoms with Crippen molar-refractivity contribution < 1.29 is 9.13 Å². The molecule has 1 heterocycles. The fourth-order valence-electron chi connectivity index (χ4n) is 2.13. The highest BCUT2D eigenvalue weighted by Crippen LogP contribution is 2.27. The van der Waals surface area contributed by atoms with Crippen molar-refractivity contribution in [2.75, 3.05) is 0 Å². The molecule has 0 radical (unpaired) electrons. The third-order valence-electron chi connectivity index (χ3n) is 3.16. The second kappa shape index (κ2) is 5.79. The van der Waals surface area contributed by atoms with E-state index in [0.29, 0.717) is 12.4 Å². The minimum absolute atomic E-state index is 0.212. The molecule has 0 saturated heterocycles. The Morgan fingerprint density at radius 1 is 1.29 bits per heavy atom. The van der Waals surface area contributed by atoms with Gasteiger partial charge in [-0.25, -0.2) is 9.37 Å². The third-order valence-corrected chi connectivity index (χ3v) is 4.17. The van der Waals surface area contributed by atoms with Gasteiger partial charge in [-0.1, -0.05) is 18.2 Å². The maximum atomic E-state index is 13.4. The fourth-order valence-corrected chi connectivity index (χ4v) is 3.01. The fraction of sp³-hybridized carbons (Fsp3) is 0.188. The van der Waals surface area contributed by atoms with Crippen LogP contribution >= 0.6 is 11.3 Å². The standard InChI is InChI=1S/C16H15FN2OS/c1-10(18)12-7-6-11(17)8-14(12)20-9-16-19-13-4-2-3-5-15(13)21-16/h2-8,10H,9,18H2,1H3. The van der Waals surface area contributed by atoms with Gasteiger partial charge in [0.1, 0.15) is 23.2 Å². The normalized spacial score (nSPS) is 12.5. The van der Waals surface area contributed by atoms with E-state index in [4.69, 9.17) is 10.5 Å². The number of nitrogens with two attached hydrogens (primary N) is 1. The van der Waals surface area contributed by atoms with E-state index in [2.05, 4.69) is 4.98 Å². The number of halogens is 1. The lowest BCUT2D eigenvalue weighted by molar-refractivity contribution is 0.299. The van der Waals surface area contributed by atoms with E-state index < -0.39 is 0 Å². The molecule has 0 bridgehead atoms. The van der Waals surface area contributed by atoms with Crippen molar-refractivity contribution >= 4 is 21.6 Å². The zero-order valence-electron chi connectivity index (χ0n) is 11.5. The van der Waals surface area contributed by atoms with E-state index in [-0.39, 0.29) is 11.9 Å². The lowest BCUT2D eigenvalue weighted by Crippen LogP contribution is -2.08. The molecule has 21 heavy (non-hydrogen) atoms. The number of aromatic nitrogens is 1. The summed E-state index contributed by atoms with van der Waals surface area (Å²) < 4.78 is 20.2. The maximum absolute atomic E-state index is 13.4. The first-order chi connectivity index (χ1) is 10.1. The van der Waals surface area contributed by atoms with Crippen molar-refractivity contribution in [3.05, 3.63) is 58.9 Å². The quantitative estimate of drug-likeness (QED) is 0.791. The van der Waals surface area contributed by atoms with Gasteiger partial charge in [0.2, 0.25) is 0 Å². The molecular formula is C16H15FN2OS. The molecule has 1 unspecified atom stereocenters. The van der Waals surface area contributed by atoms with Crippen molar-refractivity contribution in [1.29, 1.82) is 0 Å². The summed E-state index contributed by atoms with van der Waals surface area (Å²) in [5, 5.41) is 0.857. The molecule has 0 saturated carbocycles. The molecule has 0 fully saturated rings. The maximum Gasteiger partial charge on any atom is 0.140 e.